The number of amides is 1. The number of benzene rings is 3. The Kier molecular flexibility index (Phi) is 6.31. The van der Waals surface area contributed by atoms with Crippen molar-refractivity contribution in [2.75, 3.05) is 16.6 Å². The zero-order valence-corrected chi connectivity index (χ0v) is 16.7. The van der Waals surface area contributed by atoms with Crippen LogP contribution < -0.4 is 14.8 Å². The zero-order chi connectivity index (χ0) is 21.7. The molecule has 0 bridgehead atoms. The summed E-state index contributed by atoms with van der Waals surface area (Å²) in [5.41, 5.74) is 1.04. The molecule has 0 unspecified atom stereocenters. The smallest absolute Gasteiger partial charge is 0.261 e. The molecule has 30 heavy (non-hydrogen) atoms. The molecule has 6 nitrogen and oxygen atoms in total. The van der Waals surface area contributed by atoms with Gasteiger partial charge in [0.2, 0.25) is 0 Å². The van der Waals surface area contributed by atoms with Crippen LogP contribution in [-0.4, -0.2) is 20.9 Å². The molecule has 0 aliphatic rings. The molecule has 1 amide bonds. The van der Waals surface area contributed by atoms with Gasteiger partial charge in [-0.2, -0.15) is 0 Å². The molecule has 0 aliphatic carbocycles. The van der Waals surface area contributed by atoms with Gasteiger partial charge in [0, 0.05) is 16.9 Å². The SMILES string of the molecule is CCOc1ccc(NC(=O)c2ccc(NS(=O)(=O)c3ccc(F)c(F)c3)cc2)cc1. The quantitative estimate of drug-likeness (QED) is 0.579. The summed E-state index contributed by atoms with van der Waals surface area (Å²) in [7, 11) is -4.11. The van der Waals surface area contributed by atoms with E-state index in [1.165, 1.54) is 24.3 Å². The van der Waals surface area contributed by atoms with E-state index in [1.807, 2.05) is 6.92 Å². The first-order chi connectivity index (χ1) is 14.3. The van der Waals surface area contributed by atoms with Crippen molar-refractivity contribution in [3.8, 4) is 5.75 Å². The summed E-state index contributed by atoms with van der Waals surface area (Å²) in [6, 6.07) is 14.8. The lowest BCUT2D eigenvalue weighted by atomic mass is 10.2. The Labute approximate surface area is 172 Å². The fourth-order valence-corrected chi connectivity index (χ4v) is 3.62. The standard InChI is InChI=1S/C21H18F2N2O4S/c1-2-29-17-9-7-15(8-10-17)24-21(26)14-3-5-16(6-4-14)25-30(27,28)18-11-12-19(22)20(23)13-18/h3-13,25H,2H2,1H3,(H,24,26). The number of carbonyl (C=O) groups excluding carboxylic acids is 1. The third-order valence-corrected chi connectivity index (χ3v) is 5.40. The van der Waals surface area contributed by atoms with E-state index in [4.69, 9.17) is 4.74 Å². The molecule has 0 spiro atoms. The summed E-state index contributed by atoms with van der Waals surface area (Å²) in [6.07, 6.45) is 0. The number of nitrogens with one attached hydrogen (secondary N) is 2. The van der Waals surface area contributed by atoms with Crippen molar-refractivity contribution < 1.29 is 26.7 Å². The van der Waals surface area contributed by atoms with Gasteiger partial charge in [0.25, 0.3) is 15.9 Å². The van der Waals surface area contributed by atoms with E-state index in [2.05, 4.69) is 10.0 Å². The molecule has 9 heteroatoms. The van der Waals surface area contributed by atoms with Crippen molar-refractivity contribution >= 4 is 27.3 Å². The van der Waals surface area contributed by atoms with Gasteiger partial charge in [-0.05, 0) is 73.7 Å². The highest BCUT2D eigenvalue weighted by Gasteiger charge is 2.17. The maximum absolute atomic E-state index is 13.3. The van der Waals surface area contributed by atoms with Crippen LogP contribution >= 0.6 is 0 Å². The Balaban J connectivity index is 1.67. The fourth-order valence-electron chi connectivity index (χ4n) is 2.55. The zero-order valence-electron chi connectivity index (χ0n) is 15.9. The maximum Gasteiger partial charge on any atom is 0.261 e. The van der Waals surface area contributed by atoms with Crippen molar-refractivity contribution in [3.63, 3.8) is 0 Å². The molecule has 0 saturated carbocycles. The van der Waals surface area contributed by atoms with Crippen LogP contribution in [0.25, 0.3) is 0 Å². The Morgan fingerprint density at radius 1 is 0.900 bits per heavy atom. The minimum atomic E-state index is -4.11. The monoisotopic (exact) mass is 432 g/mol. The number of hydrogen-bond acceptors (Lipinski definition) is 4. The normalized spacial score (nSPS) is 11.0. The summed E-state index contributed by atoms with van der Waals surface area (Å²) >= 11 is 0. The lowest BCUT2D eigenvalue weighted by molar-refractivity contribution is 0.102. The van der Waals surface area contributed by atoms with Crippen molar-refractivity contribution in [1.82, 2.24) is 0 Å². The molecule has 156 valence electrons. The summed E-state index contributed by atoms with van der Waals surface area (Å²) in [5.74, 6) is -2.10. The van der Waals surface area contributed by atoms with E-state index in [-0.39, 0.29) is 11.6 Å². The van der Waals surface area contributed by atoms with Gasteiger partial charge in [-0.1, -0.05) is 0 Å². The largest absolute Gasteiger partial charge is 0.494 e. The van der Waals surface area contributed by atoms with Crippen LogP contribution in [0.4, 0.5) is 20.2 Å². The minimum absolute atomic E-state index is 0.164. The lowest BCUT2D eigenvalue weighted by Crippen LogP contribution is -2.14. The van der Waals surface area contributed by atoms with Crippen LogP contribution in [0.2, 0.25) is 0 Å². The van der Waals surface area contributed by atoms with E-state index in [1.54, 1.807) is 24.3 Å². The highest BCUT2D eigenvalue weighted by Crippen LogP contribution is 2.20. The third-order valence-electron chi connectivity index (χ3n) is 4.02. The van der Waals surface area contributed by atoms with E-state index >= 15 is 0 Å². The van der Waals surface area contributed by atoms with Crippen LogP contribution in [0.3, 0.4) is 0 Å². The van der Waals surface area contributed by atoms with Crippen LogP contribution in [0, 0.1) is 11.6 Å². The predicted octanol–water partition coefficient (Wildman–Crippen LogP) is 4.42. The Morgan fingerprint density at radius 3 is 2.13 bits per heavy atom. The first kappa shape index (κ1) is 21.3. The molecule has 0 aromatic heterocycles. The molecule has 0 radical (unpaired) electrons. The van der Waals surface area contributed by atoms with Crippen molar-refractivity contribution in [2.45, 2.75) is 11.8 Å². The number of ether oxygens (including phenoxy) is 1. The molecular formula is C21H18F2N2O4S. The highest BCUT2D eigenvalue weighted by molar-refractivity contribution is 7.92. The Hall–Kier alpha value is -3.46. The first-order valence-corrected chi connectivity index (χ1v) is 10.4. The lowest BCUT2D eigenvalue weighted by Gasteiger charge is -2.10. The van der Waals surface area contributed by atoms with E-state index in [0.717, 1.165) is 12.1 Å². The number of anilines is 2. The molecule has 3 rings (SSSR count). The van der Waals surface area contributed by atoms with Crippen LogP contribution in [0.15, 0.2) is 71.6 Å². The summed E-state index contributed by atoms with van der Waals surface area (Å²) in [5, 5.41) is 2.72. The first-order valence-electron chi connectivity index (χ1n) is 8.90. The van der Waals surface area contributed by atoms with Gasteiger partial charge in [-0.25, -0.2) is 17.2 Å². The molecule has 0 heterocycles. The summed E-state index contributed by atoms with van der Waals surface area (Å²) < 4.78 is 58.5. The van der Waals surface area contributed by atoms with Gasteiger partial charge in [-0.3, -0.25) is 9.52 Å². The number of hydrogen-bond donors (Lipinski definition) is 2. The third kappa shape index (κ3) is 5.12. The van der Waals surface area contributed by atoms with E-state index in [9.17, 15) is 22.0 Å². The number of halogens is 2. The Morgan fingerprint density at radius 2 is 1.53 bits per heavy atom. The number of sulfonamides is 1. The molecule has 3 aromatic rings. The molecule has 0 saturated heterocycles. The molecule has 3 aromatic carbocycles. The average molecular weight is 432 g/mol. The fraction of sp³-hybridized carbons (Fsp3) is 0.0952. The second-order valence-corrected chi connectivity index (χ2v) is 7.85. The highest BCUT2D eigenvalue weighted by atomic mass is 32.2. The van der Waals surface area contributed by atoms with Crippen molar-refractivity contribution in [1.29, 1.82) is 0 Å². The molecule has 0 atom stereocenters. The van der Waals surface area contributed by atoms with Crippen LogP contribution in [0.5, 0.6) is 5.75 Å². The predicted molar refractivity (Wildman–Crippen MR) is 109 cm³/mol. The summed E-state index contributed by atoms with van der Waals surface area (Å²) in [4.78, 5) is 11.9. The maximum atomic E-state index is 13.3. The van der Waals surface area contributed by atoms with Gasteiger partial charge in [0.1, 0.15) is 5.75 Å². The second kappa shape index (κ2) is 8.91. The minimum Gasteiger partial charge on any atom is -0.494 e. The molecule has 0 aliphatic heterocycles. The van der Waals surface area contributed by atoms with Gasteiger partial charge in [0.05, 0.1) is 11.5 Å². The Bertz CT molecular complexity index is 1150. The number of carbonyl (C=O) groups is 1. The van der Waals surface area contributed by atoms with Gasteiger partial charge >= 0.3 is 0 Å². The van der Waals surface area contributed by atoms with Crippen LogP contribution in [-0.2, 0) is 10.0 Å². The molecule has 2 N–H and O–H groups in total. The van der Waals surface area contributed by atoms with Crippen molar-refractivity contribution in [2.24, 2.45) is 0 Å². The van der Waals surface area contributed by atoms with E-state index < -0.39 is 26.6 Å². The van der Waals surface area contributed by atoms with Gasteiger partial charge in [-0.15, -0.1) is 0 Å². The van der Waals surface area contributed by atoms with E-state index in [0.29, 0.717) is 29.7 Å². The van der Waals surface area contributed by atoms with Crippen LogP contribution in [0.1, 0.15) is 17.3 Å². The number of rotatable bonds is 7. The van der Waals surface area contributed by atoms with Crippen molar-refractivity contribution in [3.05, 3.63) is 83.9 Å². The topological polar surface area (TPSA) is 84.5 Å². The van der Waals surface area contributed by atoms with Gasteiger partial charge in [0.15, 0.2) is 11.6 Å². The molecule has 0 fully saturated rings. The second-order valence-electron chi connectivity index (χ2n) is 6.17. The molecular weight excluding hydrogens is 414 g/mol. The van der Waals surface area contributed by atoms with Gasteiger partial charge < -0.3 is 10.1 Å². The average Bonchev–Trinajstić information content (AvgIpc) is 2.72. The summed E-state index contributed by atoms with van der Waals surface area (Å²) in [6.45, 7) is 2.41.